The van der Waals surface area contributed by atoms with Crippen molar-refractivity contribution in [3.8, 4) is 5.75 Å². The molecule has 1 fully saturated rings. The summed E-state index contributed by atoms with van der Waals surface area (Å²) in [6, 6.07) is 17.2. The highest BCUT2D eigenvalue weighted by molar-refractivity contribution is 8.93. The topological polar surface area (TPSA) is 58.8 Å². The zero-order chi connectivity index (χ0) is 18.2. The Morgan fingerprint density at radius 1 is 1.00 bits per heavy atom. The molecule has 0 atom stereocenters. The molecule has 146 valence electrons. The van der Waals surface area contributed by atoms with Crippen LogP contribution in [0.25, 0.3) is 0 Å². The number of primary amides is 1. The minimum Gasteiger partial charge on any atom is -0.489 e. The smallest absolute Gasteiger partial charge is 0.319 e. The van der Waals surface area contributed by atoms with Gasteiger partial charge in [-0.15, -0.1) is 17.0 Å². The molecule has 0 aromatic heterocycles. The van der Waals surface area contributed by atoms with Crippen LogP contribution < -0.4 is 15.4 Å². The first kappa shape index (κ1) is 21.3. The molecule has 0 radical (unpaired) electrons. The van der Waals surface area contributed by atoms with Crippen LogP contribution in [0.3, 0.4) is 0 Å². The van der Waals surface area contributed by atoms with Gasteiger partial charge in [-0.1, -0.05) is 36.8 Å². The molecule has 27 heavy (non-hydrogen) atoms. The number of nitrogens with zero attached hydrogens (tertiary/aromatic N) is 2. The molecule has 0 saturated carbocycles. The van der Waals surface area contributed by atoms with E-state index < -0.39 is 6.03 Å². The van der Waals surface area contributed by atoms with E-state index in [1.807, 2.05) is 54.6 Å². The van der Waals surface area contributed by atoms with Gasteiger partial charge < -0.3 is 15.4 Å². The fourth-order valence-electron chi connectivity index (χ4n) is 3.25. The van der Waals surface area contributed by atoms with E-state index in [-0.39, 0.29) is 17.0 Å². The standard InChI is InChI=1S/C21H27N3O2.BrH/c22-21(25)24(16-15-23-13-5-2-6-14-23)19-9-11-20(12-10-19)26-17-18-7-3-1-4-8-18;/h1,3-4,7-12H,2,5-6,13-17H2,(H2,22,25);1H. The van der Waals surface area contributed by atoms with Gasteiger partial charge in [0.15, 0.2) is 0 Å². The first-order valence-corrected chi connectivity index (χ1v) is 9.28. The van der Waals surface area contributed by atoms with Crippen molar-refractivity contribution in [2.75, 3.05) is 31.1 Å². The molecule has 6 heteroatoms. The molecule has 1 aliphatic heterocycles. The SMILES string of the molecule is Br.NC(=O)N(CCN1CCCCC1)c1ccc(OCc2ccccc2)cc1. The van der Waals surface area contributed by atoms with Crippen LogP contribution in [-0.2, 0) is 6.61 Å². The molecule has 3 rings (SSSR count). The largest absolute Gasteiger partial charge is 0.489 e. The number of piperidine rings is 1. The van der Waals surface area contributed by atoms with Gasteiger partial charge in [-0.25, -0.2) is 4.79 Å². The first-order valence-electron chi connectivity index (χ1n) is 9.28. The van der Waals surface area contributed by atoms with Gasteiger partial charge in [-0.3, -0.25) is 4.90 Å². The lowest BCUT2D eigenvalue weighted by atomic mass is 10.1. The summed E-state index contributed by atoms with van der Waals surface area (Å²) in [4.78, 5) is 15.9. The zero-order valence-corrected chi connectivity index (χ0v) is 17.3. The number of hydrogen-bond donors (Lipinski definition) is 1. The molecular formula is C21H28BrN3O2. The molecule has 0 unspecified atom stereocenters. The van der Waals surface area contributed by atoms with E-state index in [9.17, 15) is 4.79 Å². The molecule has 2 aromatic carbocycles. The molecule has 1 saturated heterocycles. The van der Waals surface area contributed by atoms with E-state index in [0.717, 1.165) is 36.6 Å². The molecule has 1 aliphatic rings. The monoisotopic (exact) mass is 433 g/mol. The fraction of sp³-hybridized carbons (Fsp3) is 0.381. The average Bonchev–Trinajstić information content (AvgIpc) is 2.69. The van der Waals surface area contributed by atoms with Gasteiger partial charge >= 0.3 is 6.03 Å². The lowest BCUT2D eigenvalue weighted by molar-refractivity contribution is 0.229. The lowest BCUT2D eigenvalue weighted by Crippen LogP contribution is -2.42. The number of rotatable bonds is 7. The molecule has 2 amide bonds. The summed E-state index contributed by atoms with van der Waals surface area (Å²) < 4.78 is 5.80. The van der Waals surface area contributed by atoms with Gasteiger partial charge in [0, 0.05) is 18.8 Å². The Labute approximate surface area is 171 Å². The third-order valence-electron chi connectivity index (χ3n) is 4.75. The highest BCUT2D eigenvalue weighted by Gasteiger charge is 2.16. The number of halogens is 1. The van der Waals surface area contributed by atoms with Crippen molar-refractivity contribution in [3.63, 3.8) is 0 Å². The van der Waals surface area contributed by atoms with Crippen molar-refractivity contribution < 1.29 is 9.53 Å². The quantitative estimate of drug-likeness (QED) is 0.710. The van der Waals surface area contributed by atoms with E-state index in [1.165, 1.54) is 19.3 Å². The summed E-state index contributed by atoms with van der Waals surface area (Å²) in [5.74, 6) is 0.776. The third kappa shape index (κ3) is 6.56. The van der Waals surface area contributed by atoms with Crippen molar-refractivity contribution in [2.45, 2.75) is 25.9 Å². The summed E-state index contributed by atoms with van der Waals surface area (Å²) >= 11 is 0. The van der Waals surface area contributed by atoms with Crippen molar-refractivity contribution in [3.05, 3.63) is 60.2 Å². The lowest BCUT2D eigenvalue weighted by Gasteiger charge is -2.29. The number of ether oxygens (including phenoxy) is 1. The van der Waals surface area contributed by atoms with Gasteiger partial charge in [0.05, 0.1) is 0 Å². The maximum absolute atomic E-state index is 11.9. The van der Waals surface area contributed by atoms with Gasteiger partial charge in [-0.05, 0) is 55.8 Å². The molecule has 1 heterocycles. The summed E-state index contributed by atoms with van der Waals surface area (Å²) in [6.07, 6.45) is 3.79. The van der Waals surface area contributed by atoms with Crippen molar-refractivity contribution in [1.29, 1.82) is 0 Å². The zero-order valence-electron chi connectivity index (χ0n) is 15.5. The van der Waals surface area contributed by atoms with Crippen LogP contribution in [0, 0.1) is 0 Å². The van der Waals surface area contributed by atoms with Crippen LogP contribution in [0.1, 0.15) is 24.8 Å². The minimum absolute atomic E-state index is 0. The second-order valence-electron chi connectivity index (χ2n) is 6.66. The Kier molecular flexibility index (Phi) is 8.61. The van der Waals surface area contributed by atoms with Crippen molar-refractivity contribution in [2.24, 2.45) is 5.73 Å². The number of carbonyl (C=O) groups is 1. The van der Waals surface area contributed by atoms with Crippen LogP contribution >= 0.6 is 17.0 Å². The summed E-state index contributed by atoms with van der Waals surface area (Å²) in [5.41, 5.74) is 7.52. The Hall–Kier alpha value is -2.05. The van der Waals surface area contributed by atoms with Gasteiger partial charge in [0.25, 0.3) is 0 Å². The van der Waals surface area contributed by atoms with Crippen LogP contribution in [0.5, 0.6) is 5.75 Å². The van der Waals surface area contributed by atoms with Crippen LogP contribution in [0.2, 0.25) is 0 Å². The molecular weight excluding hydrogens is 406 g/mol. The second-order valence-corrected chi connectivity index (χ2v) is 6.66. The summed E-state index contributed by atoms with van der Waals surface area (Å²) in [5, 5.41) is 0. The van der Waals surface area contributed by atoms with Crippen LogP contribution in [0.15, 0.2) is 54.6 Å². The molecule has 2 N–H and O–H groups in total. The number of urea groups is 1. The molecule has 0 spiro atoms. The number of anilines is 1. The summed E-state index contributed by atoms with van der Waals surface area (Å²) in [6.45, 7) is 4.21. The Morgan fingerprint density at radius 3 is 2.30 bits per heavy atom. The number of benzene rings is 2. The average molecular weight is 434 g/mol. The molecule has 5 nitrogen and oxygen atoms in total. The van der Waals surface area contributed by atoms with Crippen LogP contribution in [0.4, 0.5) is 10.5 Å². The van der Waals surface area contributed by atoms with E-state index in [1.54, 1.807) is 4.90 Å². The number of nitrogens with two attached hydrogens (primary N) is 1. The van der Waals surface area contributed by atoms with Crippen molar-refractivity contribution in [1.82, 2.24) is 4.90 Å². The first-order chi connectivity index (χ1) is 12.7. The number of carbonyl (C=O) groups excluding carboxylic acids is 1. The van der Waals surface area contributed by atoms with E-state index in [4.69, 9.17) is 10.5 Å². The molecule has 0 aliphatic carbocycles. The normalized spacial score (nSPS) is 14.2. The number of likely N-dealkylation sites (tertiary alicyclic amines) is 1. The van der Waals surface area contributed by atoms with E-state index in [2.05, 4.69) is 4.90 Å². The third-order valence-corrected chi connectivity index (χ3v) is 4.75. The predicted molar refractivity (Wildman–Crippen MR) is 115 cm³/mol. The van der Waals surface area contributed by atoms with Crippen LogP contribution in [-0.4, -0.2) is 37.1 Å². The van der Waals surface area contributed by atoms with Crippen molar-refractivity contribution >= 4 is 28.7 Å². The fourth-order valence-corrected chi connectivity index (χ4v) is 3.25. The predicted octanol–water partition coefficient (Wildman–Crippen LogP) is 4.21. The van der Waals surface area contributed by atoms with Gasteiger partial charge in [-0.2, -0.15) is 0 Å². The molecule has 0 bridgehead atoms. The second kappa shape index (κ2) is 10.9. The Morgan fingerprint density at radius 2 is 1.67 bits per heavy atom. The minimum atomic E-state index is -0.417. The maximum atomic E-state index is 11.9. The highest BCUT2D eigenvalue weighted by atomic mass is 79.9. The number of amides is 2. The Balaban J connectivity index is 0.00000261. The van der Waals surface area contributed by atoms with Gasteiger partial charge in [0.1, 0.15) is 12.4 Å². The molecule has 2 aromatic rings. The van der Waals surface area contributed by atoms with E-state index >= 15 is 0 Å². The highest BCUT2D eigenvalue weighted by Crippen LogP contribution is 2.20. The maximum Gasteiger partial charge on any atom is 0.319 e. The van der Waals surface area contributed by atoms with Gasteiger partial charge in [0.2, 0.25) is 0 Å². The van der Waals surface area contributed by atoms with E-state index in [0.29, 0.717) is 13.2 Å². The number of hydrogen-bond acceptors (Lipinski definition) is 3. The Bertz CT molecular complexity index is 688. The summed E-state index contributed by atoms with van der Waals surface area (Å²) in [7, 11) is 0.